The van der Waals surface area contributed by atoms with E-state index >= 15 is 0 Å². The van der Waals surface area contributed by atoms with Gasteiger partial charge in [-0.25, -0.2) is 0 Å². The fourth-order valence-electron chi connectivity index (χ4n) is 8.96. The Kier molecular flexibility index (Phi) is 32.9. The molecule has 71 heavy (non-hydrogen) atoms. The molecule has 17 atom stereocenters. The average molecular weight is 1020 g/mol. The number of aliphatic hydroxyl groups is 11. The molecule has 3 aliphatic heterocycles. The highest BCUT2D eigenvalue weighted by Crippen LogP contribution is 2.33. The number of hydrogen-bond acceptors (Lipinski definition) is 18. The molecule has 0 radical (unpaired) electrons. The number of aliphatic hydroxyl groups excluding tert-OH is 11. The van der Waals surface area contributed by atoms with E-state index in [2.05, 4.69) is 55.6 Å². The monoisotopic (exact) mass is 1020 g/mol. The van der Waals surface area contributed by atoms with Gasteiger partial charge in [-0.15, -0.1) is 0 Å². The Balaban J connectivity index is 1.45. The molecule has 19 heteroatoms. The van der Waals surface area contributed by atoms with Crippen LogP contribution in [0.25, 0.3) is 0 Å². The Morgan fingerprint density at radius 2 is 0.930 bits per heavy atom. The molecule has 19 nitrogen and oxygen atoms in total. The van der Waals surface area contributed by atoms with Crippen LogP contribution in [0.4, 0.5) is 0 Å². The Morgan fingerprint density at radius 3 is 1.45 bits per heavy atom. The smallest absolute Gasteiger partial charge is 0.220 e. The number of allylic oxidation sites excluding steroid dienone is 6. The molecular formula is C52H93NO18. The number of rotatable bonds is 37. The molecule has 3 saturated heterocycles. The first-order valence-corrected chi connectivity index (χ1v) is 26.7. The average Bonchev–Trinajstić information content (AvgIpc) is 3.36. The van der Waals surface area contributed by atoms with Crippen LogP contribution in [0.5, 0.6) is 0 Å². The third-order valence-electron chi connectivity index (χ3n) is 13.5. The fraction of sp³-hybridized carbons (Fsp3) is 0.865. The molecular weight excluding hydrogens is 927 g/mol. The van der Waals surface area contributed by atoms with E-state index in [1.54, 1.807) is 0 Å². The first-order valence-electron chi connectivity index (χ1n) is 26.7. The van der Waals surface area contributed by atoms with E-state index in [-0.39, 0.29) is 18.9 Å². The quantitative estimate of drug-likeness (QED) is 0.0314. The van der Waals surface area contributed by atoms with Crippen LogP contribution in [0.3, 0.4) is 0 Å². The Labute approximate surface area is 421 Å². The maximum absolute atomic E-state index is 13.2. The minimum Gasteiger partial charge on any atom is -0.394 e. The van der Waals surface area contributed by atoms with Crippen LogP contribution >= 0.6 is 0 Å². The van der Waals surface area contributed by atoms with E-state index in [0.29, 0.717) is 19.3 Å². The van der Waals surface area contributed by atoms with Crippen molar-refractivity contribution in [3.8, 4) is 0 Å². The highest BCUT2D eigenvalue weighted by Gasteiger charge is 2.53. The van der Waals surface area contributed by atoms with E-state index in [4.69, 9.17) is 28.4 Å². The number of unbranched alkanes of at least 4 members (excludes halogenated alkanes) is 15. The zero-order chi connectivity index (χ0) is 52.0. The van der Waals surface area contributed by atoms with Crippen molar-refractivity contribution < 1.29 is 89.4 Å². The molecule has 3 rings (SSSR count). The minimum absolute atomic E-state index is 0.249. The largest absolute Gasteiger partial charge is 0.394 e. The Morgan fingerprint density at radius 1 is 0.507 bits per heavy atom. The van der Waals surface area contributed by atoms with Crippen LogP contribution in [0.2, 0.25) is 0 Å². The summed E-state index contributed by atoms with van der Waals surface area (Å²) in [5, 5.41) is 119. The molecule has 3 fully saturated rings. The zero-order valence-corrected chi connectivity index (χ0v) is 42.4. The normalized spacial score (nSPS) is 32.5. The minimum atomic E-state index is -1.97. The van der Waals surface area contributed by atoms with Crippen LogP contribution in [0.1, 0.15) is 155 Å². The molecule has 0 aromatic carbocycles. The molecule has 12 N–H and O–H groups in total. The highest BCUT2D eigenvalue weighted by atomic mass is 16.8. The topological polar surface area (TPSA) is 307 Å². The number of amides is 1. The summed E-state index contributed by atoms with van der Waals surface area (Å²) in [6.07, 6.45) is 8.85. The van der Waals surface area contributed by atoms with Gasteiger partial charge >= 0.3 is 0 Å². The molecule has 0 bridgehead atoms. The van der Waals surface area contributed by atoms with Gasteiger partial charge in [0.1, 0.15) is 73.2 Å². The van der Waals surface area contributed by atoms with Gasteiger partial charge in [0.15, 0.2) is 18.9 Å². The lowest BCUT2D eigenvalue weighted by atomic mass is 9.96. The van der Waals surface area contributed by atoms with Crippen molar-refractivity contribution in [3.63, 3.8) is 0 Å². The van der Waals surface area contributed by atoms with E-state index in [1.165, 1.54) is 38.5 Å². The van der Waals surface area contributed by atoms with Crippen LogP contribution in [0.15, 0.2) is 36.5 Å². The van der Waals surface area contributed by atoms with Crippen molar-refractivity contribution in [1.82, 2.24) is 5.32 Å². The van der Waals surface area contributed by atoms with E-state index < -0.39 is 124 Å². The van der Waals surface area contributed by atoms with E-state index in [1.807, 2.05) is 0 Å². The van der Waals surface area contributed by atoms with Crippen molar-refractivity contribution in [3.05, 3.63) is 36.5 Å². The molecule has 414 valence electrons. The van der Waals surface area contributed by atoms with Gasteiger partial charge in [0, 0.05) is 6.42 Å². The number of carbonyl (C=O) groups excluding carboxylic acids is 1. The summed E-state index contributed by atoms with van der Waals surface area (Å²) in [6.45, 7) is 1.63. The van der Waals surface area contributed by atoms with E-state index in [9.17, 15) is 61.0 Å². The van der Waals surface area contributed by atoms with Gasteiger partial charge in [-0.05, 0) is 51.4 Å². The SMILES string of the molecule is CCCCCCC/C=C\C/C=C\C/C=C\CCCCCCCCC(=O)NC(COC1OC(CO)C(OC2OC(CO)C(OC3OC(CO)C(O)C(O)C3O)C(O)C2O)C(O)C1O)C(O)CCCCCCC. The van der Waals surface area contributed by atoms with Crippen molar-refractivity contribution in [1.29, 1.82) is 0 Å². The molecule has 0 aromatic rings. The lowest BCUT2D eigenvalue weighted by Crippen LogP contribution is -2.66. The second-order valence-electron chi connectivity index (χ2n) is 19.3. The molecule has 0 aromatic heterocycles. The molecule has 17 unspecified atom stereocenters. The van der Waals surface area contributed by atoms with Crippen LogP contribution in [-0.2, 0) is 33.2 Å². The highest BCUT2D eigenvalue weighted by molar-refractivity contribution is 5.76. The summed E-state index contributed by atoms with van der Waals surface area (Å²) in [5.74, 6) is -0.265. The maximum atomic E-state index is 13.2. The number of carbonyl (C=O) groups is 1. The number of hydrogen-bond donors (Lipinski definition) is 12. The lowest BCUT2D eigenvalue weighted by Gasteiger charge is -2.48. The molecule has 0 saturated carbocycles. The van der Waals surface area contributed by atoms with Crippen molar-refractivity contribution in [2.24, 2.45) is 0 Å². The molecule has 3 heterocycles. The second kappa shape index (κ2) is 36.9. The summed E-state index contributed by atoms with van der Waals surface area (Å²) in [5.41, 5.74) is 0. The van der Waals surface area contributed by atoms with Gasteiger partial charge in [-0.3, -0.25) is 4.79 Å². The number of ether oxygens (including phenoxy) is 6. The molecule has 0 aliphatic carbocycles. The van der Waals surface area contributed by atoms with Gasteiger partial charge in [0.05, 0.1) is 38.6 Å². The van der Waals surface area contributed by atoms with Gasteiger partial charge < -0.3 is 89.9 Å². The summed E-state index contributed by atoms with van der Waals surface area (Å²) in [7, 11) is 0. The zero-order valence-electron chi connectivity index (χ0n) is 42.4. The van der Waals surface area contributed by atoms with Gasteiger partial charge in [-0.2, -0.15) is 0 Å². The van der Waals surface area contributed by atoms with E-state index in [0.717, 1.165) is 77.0 Å². The van der Waals surface area contributed by atoms with Crippen LogP contribution in [-0.4, -0.2) is 193 Å². The summed E-state index contributed by atoms with van der Waals surface area (Å²) in [4.78, 5) is 13.2. The predicted octanol–water partition coefficient (Wildman–Crippen LogP) is 2.59. The first-order chi connectivity index (χ1) is 34.3. The number of nitrogens with one attached hydrogen (secondary N) is 1. The van der Waals surface area contributed by atoms with Crippen molar-refractivity contribution in [2.45, 2.75) is 259 Å². The van der Waals surface area contributed by atoms with Crippen molar-refractivity contribution in [2.75, 3.05) is 26.4 Å². The molecule has 0 spiro atoms. The first kappa shape index (κ1) is 63.3. The van der Waals surface area contributed by atoms with Gasteiger partial charge in [0.2, 0.25) is 5.91 Å². The lowest BCUT2D eigenvalue weighted by molar-refractivity contribution is -0.379. The molecule has 1 amide bonds. The third-order valence-corrected chi connectivity index (χ3v) is 13.5. The Bertz CT molecular complexity index is 1450. The summed E-state index contributed by atoms with van der Waals surface area (Å²) >= 11 is 0. The van der Waals surface area contributed by atoms with Gasteiger partial charge in [0.25, 0.3) is 0 Å². The standard InChI is InChI=1S/C52H93NO18/c1-3-5-7-9-10-11-12-13-14-15-16-17-18-19-20-21-22-23-24-26-28-30-40(58)53-35(36(57)29-27-25-8-6-4-2)34-66-50-46(64)43(61)48(38(32-55)68-50)71-52-47(65)44(62)49(39(33-56)69-52)70-51-45(63)42(60)41(59)37(31-54)67-51/h12-13,15-16,18-19,35-39,41-52,54-57,59-65H,3-11,14,17,20-34H2,1-2H3,(H,53,58)/b13-12-,16-15-,19-18-. The predicted molar refractivity (Wildman–Crippen MR) is 263 cm³/mol. The summed E-state index contributed by atoms with van der Waals surface area (Å²) < 4.78 is 34.0. The second-order valence-corrected chi connectivity index (χ2v) is 19.3. The van der Waals surface area contributed by atoms with Crippen LogP contribution in [0, 0.1) is 0 Å². The van der Waals surface area contributed by atoms with Gasteiger partial charge in [-0.1, -0.05) is 134 Å². The Hall–Kier alpha value is -1.99. The summed E-state index contributed by atoms with van der Waals surface area (Å²) in [6, 6.07) is -0.890. The fourth-order valence-corrected chi connectivity index (χ4v) is 8.96. The molecule has 3 aliphatic rings. The maximum Gasteiger partial charge on any atom is 0.220 e. The van der Waals surface area contributed by atoms with Crippen LogP contribution < -0.4 is 5.32 Å². The van der Waals surface area contributed by atoms with Crippen molar-refractivity contribution >= 4 is 5.91 Å². The third kappa shape index (κ3) is 22.4.